The van der Waals surface area contributed by atoms with E-state index in [1.165, 1.54) is 43.5 Å². The summed E-state index contributed by atoms with van der Waals surface area (Å²) in [7, 11) is -2.56. The lowest BCUT2D eigenvalue weighted by molar-refractivity contribution is -0.123. The van der Waals surface area contributed by atoms with Crippen LogP contribution in [0.3, 0.4) is 0 Å². The second kappa shape index (κ2) is 10.0. The van der Waals surface area contributed by atoms with E-state index in [9.17, 15) is 18.0 Å². The van der Waals surface area contributed by atoms with Crippen molar-refractivity contribution in [1.82, 2.24) is 4.90 Å². The molecule has 9 nitrogen and oxygen atoms in total. The van der Waals surface area contributed by atoms with Crippen molar-refractivity contribution >= 4 is 50.7 Å². The Labute approximate surface area is 221 Å². The molecule has 190 valence electrons. The number of carbonyl (C=O) groups is 2. The van der Waals surface area contributed by atoms with Crippen molar-refractivity contribution in [3.8, 4) is 23.0 Å². The molecule has 5 rings (SSSR count). The summed E-state index contributed by atoms with van der Waals surface area (Å²) in [5.74, 6) is 1.15. The highest BCUT2D eigenvalue weighted by atomic mass is 35.5. The van der Waals surface area contributed by atoms with Crippen molar-refractivity contribution in [2.24, 2.45) is 0 Å². The number of rotatable bonds is 7. The monoisotopic (exact) mass is 559 g/mol. The first-order valence-corrected chi connectivity index (χ1v) is 13.4. The molecule has 0 aliphatic carbocycles. The van der Waals surface area contributed by atoms with Crippen molar-refractivity contribution < 1.29 is 36.4 Å². The molecule has 0 atom stereocenters. The summed E-state index contributed by atoms with van der Waals surface area (Å²) < 4.78 is 45.9. The first-order chi connectivity index (χ1) is 17.7. The molecule has 1 saturated heterocycles. The van der Waals surface area contributed by atoms with Crippen LogP contribution in [0.5, 0.6) is 23.0 Å². The SMILES string of the molecule is COc1ccc(S(=O)(=O)Oc2ccc(/C=C3\SC(=O)N(Cc4cc5c(cc4Cl)OCO5)C3=O)cc2)cc1. The molecule has 37 heavy (non-hydrogen) atoms. The lowest BCUT2D eigenvalue weighted by atomic mass is 10.1. The molecular weight excluding hydrogens is 542 g/mol. The van der Waals surface area contributed by atoms with Crippen LogP contribution in [0.25, 0.3) is 6.08 Å². The van der Waals surface area contributed by atoms with E-state index in [-0.39, 0.29) is 28.9 Å². The van der Waals surface area contributed by atoms with Crippen LogP contribution < -0.4 is 18.4 Å². The number of carbonyl (C=O) groups excluding carboxylic acids is 2. The number of nitrogens with zero attached hydrogens (tertiary/aromatic N) is 1. The maximum absolute atomic E-state index is 12.9. The smallest absolute Gasteiger partial charge is 0.339 e. The Hall–Kier alpha value is -3.67. The Bertz CT molecular complexity index is 1520. The Kier molecular flexibility index (Phi) is 6.76. The summed E-state index contributed by atoms with van der Waals surface area (Å²) in [4.78, 5) is 26.8. The van der Waals surface area contributed by atoms with Crippen LogP contribution in [0.2, 0.25) is 5.02 Å². The summed E-state index contributed by atoms with van der Waals surface area (Å²) in [6, 6.07) is 15.1. The van der Waals surface area contributed by atoms with Gasteiger partial charge in [0.1, 0.15) is 16.4 Å². The molecule has 2 amide bonds. The van der Waals surface area contributed by atoms with Gasteiger partial charge in [0.05, 0.1) is 18.6 Å². The number of ether oxygens (including phenoxy) is 3. The fraction of sp³-hybridized carbons (Fsp3) is 0.120. The maximum atomic E-state index is 12.9. The van der Waals surface area contributed by atoms with Gasteiger partial charge in [-0.15, -0.1) is 0 Å². The van der Waals surface area contributed by atoms with Crippen molar-refractivity contribution in [3.63, 3.8) is 0 Å². The minimum atomic E-state index is -4.04. The predicted molar refractivity (Wildman–Crippen MR) is 136 cm³/mol. The minimum Gasteiger partial charge on any atom is -0.497 e. The normalized spacial score (nSPS) is 15.9. The number of hydrogen-bond donors (Lipinski definition) is 0. The largest absolute Gasteiger partial charge is 0.497 e. The van der Waals surface area contributed by atoms with Crippen LogP contribution in [-0.4, -0.2) is 38.4 Å². The average molecular weight is 560 g/mol. The molecule has 2 heterocycles. The van der Waals surface area contributed by atoms with Gasteiger partial charge in [-0.1, -0.05) is 23.7 Å². The second-order valence-corrected chi connectivity index (χ2v) is 10.8. The number of amides is 2. The van der Waals surface area contributed by atoms with Gasteiger partial charge in [0.25, 0.3) is 11.1 Å². The van der Waals surface area contributed by atoms with E-state index < -0.39 is 21.3 Å². The highest BCUT2D eigenvalue weighted by molar-refractivity contribution is 8.18. The van der Waals surface area contributed by atoms with Crippen LogP contribution in [0.15, 0.2) is 70.5 Å². The van der Waals surface area contributed by atoms with Gasteiger partial charge in [0.2, 0.25) is 6.79 Å². The van der Waals surface area contributed by atoms with Crippen LogP contribution in [0.4, 0.5) is 4.79 Å². The van der Waals surface area contributed by atoms with E-state index in [1.807, 2.05) is 0 Å². The zero-order valence-corrected chi connectivity index (χ0v) is 21.6. The molecule has 12 heteroatoms. The molecule has 0 bridgehead atoms. The summed E-state index contributed by atoms with van der Waals surface area (Å²) in [6.45, 7) is 0.0597. The lowest BCUT2D eigenvalue weighted by Gasteiger charge is -2.14. The third-order valence-electron chi connectivity index (χ3n) is 5.48. The molecule has 3 aromatic carbocycles. The first kappa shape index (κ1) is 25.0. The van der Waals surface area contributed by atoms with E-state index in [1.54, 1.807) is 30.3 Å². The summed E-state index contributed by atoms with van der Waals surface area (Å²) >= 11 is 7.10. The van der Waals surface area contributed by atoms with E-state index in [4.69, 9.17) is 30.0 Å². The second-order valence-electron chi connectivity index (χ2n) is 7.85. The van der Waals surface area contributed by atoms with E-state index in [2.05, 4.69) is 0 Å². The van der Waals surface area contributed by atoms with E-state index in [0.29, 0.717) is 33.4 Å². The molecule has 0 spiro atoms. The molecule has 0 saturated carbocycles. The molecule has 0 radical (unpaired) electrons. The van der Waals surface area contributed by atoms with Crippen LogP contribution in [0.1, 0.15) is 11.1 Å². The lowest BCUT2D eigenvalue weighted by Crippen LogP contribution is -2.27. The van der Waals surface area contributed by atoms with Gasteiger partial charge in [-0.25, -0.2) is 0 Å². The molecular formula is C25H18ClNO8S2. The van der Waals surface area contributed by atoms with Crippen molar-refractivity contribution in [2.45, 2.75) is 11.4 Å². The zero-order chi connectivity index (χ0) is 26.2. The Balaban J connectivity index is 1.28. The van der Waals surface area contributed by atoms with E-state index >= 15 is 0 Å². The fourth-order valence-electron chi connectivity index (χ4n) is 3.58. The molecule has 1 fully saturated rings. The van der Waals surface area contributed by atoms with Crippen molar-refractivity contribution in [2.75, 3.05) is 13.9 Å². The first-order valence-electron chi connectivity index (χ1n) is 10.8. The van der Waals surface area contributed by atoms with Crippen LogP contribution in [-0.2, 0) is 21.5 Å². The van der Waals surface area contributed by atoms with Gasteiger partial charge in [-0.3, -0.25) is 14.5 Å². The average Bonchev–Trinajstić information content (AvgIpc) is 3.44. The Morgan fingerprint density at radius 3 is 2.32 bits per heavy atom. The van der Waals surface area contributed by atoms with Gasteiger partial charge in [-0.05, 0) is 71.4 Å². The fourth-order valence-corrected chi connectivity index (χ4v) is 5.56. The molecule has 0 unspecified atom stereocenters. The van der Waals surface area contributed by atoms with Crippen molar-refractivity contribution in [1.29, 1.82) is 0 Å². The van der Waals surface area contributed by atoms with Gasteiger partial charge < -0.3 is 18.4 Å². The molecule has 2 aliphatic rings. The van der Waals surface area contributed by atoms with Gasteiger partial charge in [0.15, 0.2) is 11.5 Å². The number of halogens is 1. The Morgan fingerprint density at radius 2 is 1.65 bits per heavy atom. The standard InChI is InChI=1S/C25H18ClNO8S2/c1-32-17-6-8-19(9-7-17)37(30,31)35-18-4-2-15(3-5-18)10-23-24(28)27(25(29)36-23)13-16-11-21-22(12-20(16)26)34-14-33-21/h2-12H,13-14H2,1H3/b23-10-. The third-order valence-corrected chi connectivity index (χ3v) is 8.00. The van der Waals surface area contributed by atoms with Gasteiger partial charge >= 0.3 is 10.1 Å². The van der Waals surface area contributed by atoms with Gasteiger partial charge in [0, 0.05) is 11.1 Å². The topological polar surface area (TPSA) is 108 Å². The molecule has 2 aliphatic heterocycles. The summed E-state index contributed by atoms with van der Waals surface area (Å²) in [5.41, 5.74) is 1.13. The number of fused-ring (bicyclic) bond motifs is 1. The maximum Gasteiger partial charge on any atom is 0.339 e. The van der Waals surface area contributed by atoms with Crippen LogP contribution >= 0.6 is 23.4 Å². The highest BCUT2D eigenvalue weighted by Gasteiger charge is 2.35. The summed E-state index contributed by atoms with van der Waals surface area (Å²) in [5, 5.41) is -0.0806. The number of imide groups is 1. The zero-order valence-electron chi connectivity index (χ0n) is 19.2. The highest BCUT2D eigenvalue weighted by Crippen LogP contribution is 2.39. The molecule has 3 aromatic rings. The minimum absolute atomic E-state index is 0.0198. The summed E-state index contributed by atoms with van der Waals surface area (Å²) in [6.07, 6.45) is 1.55. The van der Waals surface area contributed by atoms with Crippen molar-refractivity contribution in [3.05, 3.63) is 81.7 Å². The quantitative estimate of drug-likeness (QED) is 0.289. The van der Waals surface area contributed by atoms with Crippen LogP contribution in [0, 0.1) is 0 Å². The Morgan fingerprint density at radius 1 is 1.00 bits per heavy atom. The third kappa shape index (κ3) is 5.24. The number of thioether (sulfide) groups is 1. The molecule has 0 aromatic heterocycles. The molecule has 0 N–H and O–H groups in total. The number of methoxy groups -OCH3 is 1. The van der Waals surface area contributed by atoms with Gasteiger partial charge in [-0.2, -0.15) is 8.42 Å². The number of benzene rings is 3. The predicted octanol–water partition coefficient (Wildman–Crippen LogP) is 5.08. The van der Waals surface area contributed by atoms with E-state index in [0.717, 1.165) is 16.7 Å². The number of hydrogen-bond acceptors (Lipinski definition) is 9.